The van der Waals surface area contributed by atoms with E-state index in [9.17, 15) is 4.79 Å². The number of hydrogen-bond donors (Lipinski definition) is 0. The Kier molecular flexibility index (Phi) is 3.21. The van der Waals surface area contributed by atoms with Crippen molar-refractivity contribution in [3.05, 3.63) is 22.7 Å². The molecule has 0 aliphatic rings. The van der Waals surface area contributed by atoms with Gasteiger partial charge in [-0.2, -0.15) is 0 Å². The van der Waals surface area contributed by atoms with Crippen molar-refractivity contribution in [1.29, 1.82) is 0 Å². The Hall–Kier alpha value is -1.33. The van der Waals surface area contributed by atoms with Gasteiger partial charge < -0.3 is 4.74 Å². The first-order chi connectivity index (χ1) is 8.28. The second kappa shape index (κ2) is 4.40. The van der Waals surface area contributed by atoms with E-state index >= 15 is 0 Å². The maximum Gasteiger partial charge on any atom is 0.419 e. The zero-order valence-corrected chi connectivity index (χ0v) is 11.6. The van der Waals surface area contributed by atoms with Crippen LogP contribution in [0.4, 0.5) is 4.79 Å². The Morgan fingerprint density at radius 1 is 1.39 bits per heavy atom. The van der Waals surface area contributed by atoms with E-state index in [0.29, 0.717) is 16.1 Å². The van der Waals surface area contributed by atoms with Gasteiger partial charge in [0, 0.05) is 6.20 Å². The number of nitrogens with zero attached hydrogens (tertiary/aromatic N) is 3. The molecule has 0 spiro atoms. The van der Waals surface area contributed by atoms with Crippen LogP contribution in [-0.4, -0.2) is 26.2 Å². The summed E-state index contributed by atoms with van der Waals surface area (Å²) in [5.41, 5.74) is 0.286. The zero-order valence-electron chi connectivity index (χ0n) is 10.1. The third-order valence-corrected chi connectivity index (χ3v) is 2.52. The smallest absolute Gasteiger partial charge is 0.419 e. The molecule has 0 aliphatic carbocycles. The van der Waals surface area contributed by atoms with Crippen molar-refractivity contribution in [2.75, 3.05) is 0 Å². The first kappa shape index (κ1) is 13.1. The van der Waals surface area contributed by atoms with Gasteiger partial charge in [-0.05, 0) is 32.4 Å². The lowest BCUT2D eigenvalue weighted by atomic mass is 10.2. The second-order valence-corrected chi connectivity index (χ2v) is 5.45. The standard InChI is InChI=1S/C11H11Cl2N3O2/c1-11(2,3)18-10(17)16-5-6(12)8-7(16)4-14-9(13)15-8/h4-5H,1-3H3. The minimum Gasteiger partial charge on any atom is -0.443 e. The summed E-state index contributed by atoms with van der Waals surface area (Å²) in [6, 6.07) is 0. The largest absolute Gasteiger partial charge is 0.443 e. The van der Waals surface area contributed by atoms with Crippen molar-refractivity contribution in [3.63, 3.8) is 0 Å². The average molecular weight is 288 g/mol. The molecule has 0 fully saturated rings. The van der Waals surface area contributed by atoms with Gasteiger partial charge >= 0.3 is 6.09 Å². The Balaban J connectivity index is 2.49. The van der Waals surface area contributed by atoms with Crippen LogP contribution in [0.15, 0.2) is 12.4 Å². The van der Waals surface area contributed by atoms with Gasteiger partial charge in [0.1, 0.15) is 11.1 Å². The van der Waals surface area contributed by atoms with Crippen LogP contribution in [0.25, 0.3) is 11.0 Å². The summed E-state index contributed by atoms with van der Waals surface area (Å²) >= 11 is 11.7. The van der Waals surface area contributed by atoms with Gasteiger partial charge in [-0.25, -0.2) is 19.3 Å². The number of rotatable bonds is 0. The zero-order chi connectivity index (χ0) is 13.5. The van der Waals surface area contributed by atoms with Gasteiger partial charge in [0.25, 0.3) is 0 Å². The van der Waals surface area contributed by atoms with Crippen LogP contribution in [0.1, 0.15) is 20.8 Å². The second-order valence-electron chi connectivity index (χ2n) is 4.70. The van der Waals surface area contributed by atoms with Gasteiger partial charge in [-0.3, -0.25) is 0 Å². The van der Waals surface area contributed by atoms with Gasteiger partial charge in [0.05, 0.1) is 16.7 Å². The molecular weight excluding hydrogens is 277 g/mol. The third-order valence-electron chi connectivity index (χ3n) is 2.06. The average Bonchev–Trinajstić information content (AvgIpc) is 2.54. The Morgan fingerprint density at radius 3 is 2.67 bits per heavy atom. The molecule has 0 atom stereocenters. The van der Waals surface area contributed by atoms with Crippen molar-refractivity contribution in [3.8, 4) is 0 Å². The first-order valence-corrected chi connectivity index (χ1v) is 5.96. The molecule has 5 nitrogen and oxygen atoms in total. The highest BCUT2D eigenvalue weighted by atomic mass is 35.5. The summed E-state index contributed by atoms with van der Waals surface area (Å²) in [6.07, 6.45) is 2.33. The van der Waals surface area contributed by atoms with Crippen molar-refractivity contribution >= 4 is 40.3 Å². The lowest BCUT2D eigenvalue weighted by Crippen LogP contribution is -2.26. The summed E-state index contributed by atoms with van der Waals surface area (Å²) in [5.74, 6) is 0. The molecule has 0 bridgehead atoms. The number of halogens is 2. The molecular formula is C11H11Cl2N3O2. The lowest BCUT2D eigenvalue weighted by Gasteiger charge is -2.19. The van der Waals surface area contributed by atoms with E-state index in [2.05, 4.69) is 9.97 Å². The minimum absolute atomic E-state index is 0.0753. The van der Waals surface area contributed by atoms with E-state index in [-0.39, 0.29) is 5.28 Å². The number of aromatic nitrogens is 3. The highest BCUT2D eigenvalue weighted by Gasteiger charge is 2.21. The summed E-state index contributed by atoms with van der Waals surface area (Å²) in [4.78, 5) is 19.8. The molecule has 0 unspecified atom stereocenters. The number of carbonyl (C=O) groups is 1. The van der Waals surface area contributed by atoms with E-state index in [1.165, 1.54) is 17.0 Å². The van der Waals surface area contributed by atoms with Gasteiger partial charge in [0.2, 0.25) is 5.28 Å². The van der Waals surface area contributed by atoms with E-state index in [4.69, 9.17) is 27.9 Å². The molecule has 2 aromatic rings. The van der Waals surface area contributed by atoms with Crippen molar-refractivity contribution < 1.29 is 9.53 Å². The molecule has 2 aromatic heterocycles. The summed E-state index contributed by atoms with van der Waals surface area (Å²) in [5, 5.41) is 0.395. The normalized spacial score (nSPS) is 11.8. The summed E-state index contributed by atoms with van der Waals surface area (Å²) < 4.78 is 6.52. The topological polar surface area (TPSA) is 57.0 Å². The van der Waals surface area contributed by atoms with Crippen LogP contribution >= 0.6 is 23.2 Å². The van der Waals surface area contributed by atoms with Crippen LogP contribution in [0.3, 0.4) is 0 Å². The molecule has 18 heavy (non-hydrogen) atoms. The molecule has 0 saturated carbocycles. The lowest BCUT2D eigenvalue weighted by molar-refractivity contribution is 0.0544. The fraction of sp³-hybridized carbons (Fsp3) is 0.364. The van der Waals surface area contributed by atoms with E-state index in [1.54, 1.807) is 20.8 Å². The molecule has 0 aromatic carbocycles. The Labute approximate surface area is 114 Å². The maximum absolute atomic E-state index is 12.0. The van der Waals surface area contributed by atoms with E-state index < -0.39 is 11.7 Å². The molecule has 0 amide bonds. The Morgan fingerprint density at radius 2 is 2.06 bits per heavy atom. The van der Waals surface area contributed by atoms with Crippen LogP contribution in [0.5, 0.6) is 0 Å². The highest BCUT2D eigenvalue weighted by molar-refractivity contribution is 6.35. The van der Waals surface area contributed by atoms with Crippen molar-refractivity contribution in [1.82, 2.24) is 14.5 Å². The molecule has 7 heteroatoms. The maximum atomic E-state index is 12.0. The molecule has 0 radical (unpaired) electrons. The van der Waals surface area contributed by atoms with Crippen LogP contribution in [0, 0.1) is 0 Å². The van der Waals surface area contributed by atoms with Crippen molar-refractivity contribution in [2.24, 2.45) is 0 Å². The highest BCUT2D eigenvalue weighted by Crippen LogP contribution is 2.25. The molecule has 0 saturated heterocycles. The fourth-order valence-corrected chi connectivity index (χ4v) is 1.78. The monoisotopic (exact) mass is 287 g/mol. The predicted octanol–water partition coefficient (Wildman–Crippen LogP) is 3.52. The summed E-state index contributed by atoms with van der Waals surface area (Å²) in [6.45, 7) is 5.35. The Bertz CT molecular complexity index is 617. The molecule has 2 rings (SSSR count). The molecule has 2 heterocycles. The van der Waals surface area contributed by atoms with E-state index in [1.807, 2.05) is 0 Å². The van der Waals surface area contributed by atoms with Crippen LogP contribution in [-0.2, 0) is 4.74 Å². The quantitative estimate of drug-likeness (QED) is 0.696. The molecule has 0 N–H and O–H groups in total. The third kappa shape index (κ3) is 2.57. The van der Waals surface area contributed by atoms with Crippen LogP contribution < -0.4 is 0 Å². The van der Waals surface area contributed by atoms with Crippen molar-refractivity contribution in [2.45, 2.75) is 26.4 Å². The SMILES string of the molecule is CC(C)(C)OC(=O)n1cc(Cl)c2nc(Cl)ncc21. The van der Waals surface area contributed by atoms with Crippen LogP contribution in [0.2, 0.25) is 10.3 Å². The molecule has 96 valence electrons. The number of fused-ring (bicyclic) bond motifs is 1. The van der Waals surface area contributed by atoms with Gasteiger partial charge in [-0.15, -0.1) is 0 Å². The minimum atomic E-state index is -0.590. The number of ether oxygens (including phenoxy) is 1. The predicted molar refractivity (Wildman–Crippen MR) is 69.2 cm³/mol. The van der Waals surface area contributed by atoms with Gasteiger partial charge in [0.15, 0.2) is 0 Å². The first-order valence-electron chi connectivity index (χ1n) is 5.20. The molecule has 0 aliphatic heterocycles. The summed E-state index contributed by atoms with van der Waals surface area (Å²) in [7, 11) is 0. The van der Waals surface area contributed by atoms with E-state index in [0.717, 1.165) is 0 Å². The number of hydrogen-bond acceptors (Lipinski definition) is 4. The number of carbonyl (C=O) groups excluding carboxylic acids is 1. The fourth-order valence-electron chi connectivity index (χ4n) is 1.41. The van der Waals surface area contributed by atoms with Gasteiger partial charge in [-0.1, -0.05) is 11.6 Å².